The van der Waals surface area contributed by atoms with Crippen LogP contribution in [0.3, 0.4) is 0 Å². The predicted molar refractivity (Wildman–Crippen MR) is 61.3 cm³/mol. The standard InChI is InChI=1S/C12H12FN3/c1-7-3-4-9(5-8(7)2)11-10(13)6-15-12(14)16-11/h3-6H,1-2H3,(H2,14,15,16). The molecule has 82 valence electrons. The molecule has 0 spiro atoms. The van der Waals surface area contributed by atoms with Crippen molar-refractivity contribution >= 4 is 5.95 Å². The second kappa shape index (κ2) is 3.89. The molecule has 0 saturated heterocycles. The van der Waals surface area contributed by atoms with E-state index >= 15 is 0 Å². The molecule has 2 rings (SSSR count). The molecule has 4 heteroatoms. The van der Waals surface area contributed by atoms with Crippen molar-refractivity contribution in [3.8, 4) is 11.3 Å². The molecular weight excluding hydrogens is 205 g/mol. The summed E-state index contributed by atoms with van der Waals surface area (Å²) in [5.74, 6) is -0.382. The van der Waals surface area contributed by atoms with Crippen molar-refractivity contribution in [3.05, 3.63) is 41.3 Å². The third-order valence-corrected chi connectivity index (χ3v) is 2.54. The maximum absolute atomic E-state index is 13.5. The minimum atomic E-state index is -0.461. The molecule has 0 aliphatic carbocycles. The highest BCUT2D eigenvalue weighted by Gasteiger charge is 2.08. The number of nitrogens with zero attached hydrogens (tertiary/aromatic N) is 2. The van der Waals surface area contributed by atoms with Gasteiger partial charge in [-0.2, -0.15) is 0 Å². The Morgan fingerprint density at radius 1 is 1.19 bits per heavy atom. The molecule has 1 heterocycles. The zero-order valence-electron chi connectivity index (χ0n) is 9.16. The van der Waals surface area contributed by atoms with Crippen LogP contribution in [-0.4, -0.2) is 9.97 Å². The number of aryl methyl sites for hydroxylation is 2. The molecule has 0 aliphatic heterocycles. The van der Waals surface area contributed by atoms with Crippen molar-refractivity contribution < 1.29 is 4.39 Å². The number of hydrogen-bond donors (Lipinski definition) is 1. The first kappa shape index (κ1) is 10.5. The van der Waals surface area contributed by atoms with Crippen molar-refractivity contribution in [3.63, 3.8) is 0 Å². The molecule has 2 N–H and O–H groups in total. The van der Waals surface area contributed by atoms with E-state index in [-0.39, 0.29) is 11.6 Å². The highest BCUT2D eigenvalue weighted by molar-refractivity contribution is 5.62. The highest BCUT2D eigenvalue weighted by Crippen LogP contribution is 2.22. The number of nitrogen functional groups attached to an aromatic ring is 1. The third-order valence-electron chi connectivity index (χ3n) is 2.54. The summed E-state index contributed by atoms with van der Waals surface area (Å²) in [4.78, 5) is 7.50. The molecule has 0 amide bonds. The third kappa shape index (κ3) is 1.86. The van der Waals surface area contributed by atoms with Gasteiger partial charge in [0.05, 0.1) is 6.20 Å². The van der Waals surface area contributed by atoms with Crippen molar-refractivity contribution in [1.82, 2.24) is 9.97 Å². The number of hydrogen-bond acceptors (Lipinski definition) is 3. The fourth-order valence-corrected chi connectivity index (χ4v) is 1.47. The van der Waals surface area contributed by atoms with Crippen LogP contribution in [0.5, 0.6) is 0 Å². The van der Waals surface area contributed by atoms with Gasteiger partial charge < -0.3 is 5.73 Å². The maximum Gasteiger partial charge on any atom is 0.220 e. The molecule has 2 aromatic rings. The van der Waals surface area contributed by atoms with E-state index in [1.54, 1.807) is 0 Å². The lowest BCUT2D eigenvalue weighted by molar-refractivity contribution is 0.619. The van der Waals surface area contributed by atoms with Gasteiger partial charge >= 0.3 is 0 Å². The molecule has 0 aliphatic rings. The van der Waals surface area contributed by atoms with Gasteiger partial charge in [-0.3, -0.25) is 0 Å². The Balaban J connectivity index is 2.58. The Bertz CT molecular complexity index is 538. The van der Waals surface area contributed by atoms with Crippen molar-refractivity contribution in [2.45, 2.75) is 13.8 Å². The first-order chi connectivity index (χ1) is 7.58. The topological polar surface area (TPSA) is 51.8 Å². The quantitative estimate of drug-likeness (QED) is 0.798. The lowest BCUT2D eigenvalue weighted by Gasteiger charge is -2.06. The van der Waals surface area contributed by atoms with Gasteiger partial charge in [-0.25, -0.2) is 14.4 Å². The number of aromatic nitrogens is 2. The number of nitrogens with two attached hydrogens (primary N) is 1. The Morgan fingerprint density at radius 2 is 1.94 bits per heavy atom. The van der Waals surface area contributed by atoms with Gasteiger partial charge in [-0.05, 0) is 31.0 Å². The fraction of sp³-hybridized carbons (Fsp3) is 0.167. The van der Waals surface area contributed by atoms with Gasteiger partial charge in [-0.1, -0.05) is 12.1 Å². The van der Waals surface area contributed by atoms with Gasteiger partial charge in [0.1, 0.15) is 5.69 Å². The number of rotatable bonds is 1. The smallest absolute Gasteiger partial charge is 0.220 e. The van der Waals surface area contributed by atoms with E-state index in [1.807, 2.05) is 32.0 Å². The van der Waals surface area contributed by atoms with Crippen LogP contribution in [0.15, 0.2) is 24.4 Å². The van der Waals surface area contributed by atoms with Gasteiger partial charge in [0.25, 0.3) is 0 Å². The molecule has 3 nitrogen and oxygen atoms in total. The van der Waals surface area contributed by atoms with E-state index in [4.69, 9.17) is 5.73 Å². The van der Waals surface area contributed by atoms with Crippen LogP contribution in [-0.2, 0) is 0 Å². The molecule has 0 unspecified atom stereocenters. The molecule has 0 fully saturated rings. The SMILES string of the molecule is Cc1ccc(-c2nc(N)ncc2F)cc1C. The van der Waals surface area contributed by atoms with Crippen LogP contribution in [0.4, 0.5) is 10.3 Å². The zero-order valence-corrected chi connectivity index (χ0v) is 9.16. The van der Waals surface area contributed by atoms with Gasteiger partial charge in [0, 0.05) is 5.56 Å². The molecular formula is C12H12FN3. The first-order valence-electron chi connectivity index (χ1n) is 4.93. The van der Waals surface area contributed by atoms with Gasteiger partial charge in [0.2, 0.25) is 5.95 Å². The lowest BCUT2D eigenvalue weighted by atomic mass is 10.0. The molecule has 0 radical (unpaired) electrons. The first-order valence-corrected chi connectivity index (χ1v) is 4.93. The summed E-state index contributed by atoms with van der Waals surface area (Å²) in [6, 6.07) is 5.65. The summed E-state index contributed by atoms with van der Waals surface area (Å²) in [7, 11) is 0. The summed E-state index contributed by atoms with van der Waals surface area (Å²) in [6.45, 7) is 3.98. The van der Waals surface area contributed by atoms with Crippen molar-refractivity contribution in [1.29, 1.82) is 0 Å². The van der Waals surface area contributed by atoms with Crippen LogP contribution < -0.4 is 5.73 Å². The Hall–Kier alpha value is -1.97. The van der Waals surface area contributed by atoms with E-state index in [9.17, 15) is 4.39 Å². The monoisotopic (exact) mass is 217 g/mol. The van der Waals surface area contributed by atoms with E-state index in [2.05, 4.69) is 9.97 Å². The molecule has 0 saturated carbocycles. The Morgan fingerprint density at radius 3 is 2.62 bits per heavy atom. The van der Waals surface area contributed by atoms with Crippen LogP contribution >= 0.6 is 0 Å². The van der Waals surface area contributed by atoms with E-state index in [1.165, 1.54) is 0 Å². The highest BCUT2D eigenvalue weighted by atomic mass is 19.1. The summed E-state index contributed by atoms with van der Waals surface area (Å²) < 4.78 is 13.5. The van der Waals surface area contributed by atoms with Gasteiger partial charge in [-0.15, -0.1) is 0 Å². The number of benzene rings is 1. The predicted octanol–water partition coefficient (Wildman–Crippen LogP) is 2.48. The molecule has 1 aromatic heterocycles. The zero-order chi connectivity index (χ0) is 11.7. The van der Waals surface area contributed by atoms with Crippen LogP contribution in [0, 0.1) is 19.7 Å². The Labute approximate surface area is 93.2 Å². The van der Waals surface area contributed by atoms with Crippen LogP contribution in [0.2, 0.25) is 0 Å². The largest absolute Gasteiger partial charge is 0.368 e. The van der Waals surface area contributed by atoms with Gasteiger partial charge in [0.15, 0.2) is 5.82 Å². The normalized spacial score (nSPS) is 10.4. The summed E-state index contributed by atoms with van der Waals surface area (Å²) in [6.07, 6.45) is 1.09. The molecule has 1 aromatic carbocycles. The lowest BCUT2D eigenvalue weighted by Crippen LogP contribution is -1.99. The van der Waals surface area contributed by atoms with Crippen molar-refractivity contribution in [2.75, 3.05) is 5.73 Å². The van der Waals surface area contributed by atoms with E-state index in [0.717, 1.165) is 22.9 Å². The maximum atomic E-state index is 13.5. The Kier molecular flexibility index (Phi) is 2.56. The second-order valence-electron chi connectivity index (χ2n) is 3.72. The average Bonchev–Trinajstić information content (AvgIpc) is 2.26. The second-order valence-corrected chi connectivity index (χ2v) is 3.72. The molecule has 16 heavy (non-hydrogen) atoms. The van der Waals surface area contributed by atoms with Crippen LogP contribution in [0.1, 0.15) is 11.1 Å². The summed E-state index contributed by atoms with van der Waals surface area (Å²) in [5, 5.41) is 0. The minimum Gasteiger partial charge on any atom is -0.368 e. The summed E-state index contributed by atoms with van der Waals surface area (Å²) >= 11 is 0. The molecule has 0 atom stereocenters. The molecule has 0 bridgehead atoms. The average molecular weight is 217 g/mol. The van der Waals surface area contributed by atoms with Crippen LogP contribution in [0.25, 0.3) is 11.3 Å². The van der Waals surface area contributed by atoms with E-state index < -0.39 is 5.82 Å². The summed E-state index contributed by atoms with van der Waals surface area (Å²) in [5.41, 5.74) is 8.66. The minimum absolute atomic E-state index is 0.0784. The van der Waals surface area contributed by atoms with Crippen molar-refractivity contribution in [2.24, 2.45) is 0 Å². The number of anilines is 1. The van der Waals surface area contributed by atoms with E-state index in [0.29, 0.717) is 0 Å². The number of halogens is 1. The fourth-order valence-electron chi connectivity index (χ4n) is 1.47.